The molecule has 0 spiro atoms. The molecule has 90 valence electrons. The second-order valence-electron chi connectivity index (χ2n) is 4.07. The molecule has 0 unspecified atom stereocenters. The van der Waals surface area contributed by atoms with Crippen LogP contribution in [0, 0.1) is 0 Å². The summed E-state index contributed by atoms with van der Waals surface area (Å²) < 4.78 is 5.37. The number of methoxy groups -OCH3 is 1. The number of nitrogens with zero attached hydrogens (tertiary/aromatic N) is 1. The molecule has 16 heavy (non-hydrogen) atoms. The van der Waals surface area contributed by atoms with Gasteiger partial charge >= 0.3 is 0 Å². The maximum Gasteiger partial charge on any atom is 0.123 e. The van der Waals surface area contributed by atoms with Crippen molar-refractivity contribution in [3.8, 4) is 5.75 Å². The number of benzene rings is 1. The summed E-state index contributed by atoms with van der Waals surface area (Å²) in [7, 11) is 1.73. The molecule has 0 heterocycles. The normalized spacial score (nSPS) is 11.1. The third kappa shape index (κ3) is 3.80. The van der Waals surface area contributed by atoms with Crippen LogP contribution in [-0.2, 0) is 6.54 Å². The predicted molar refractivity (Wildman–Crippen MR) is 72.3 cm³/mol. The quantitative estimate of drug-likeness (QED) is 0.744. The van der Waals surface area contributed by atoms with Crippen LogP contribution in [0.3, 0.4) is 0 Å². The number of alkyl halides is 1. The van der Waals surface area contributed by atoms with Crippen molar-refractivity contribution in [3.05, 3.63) is 29.8 Å². The van der Waals surface area contributed by atoms with Gasteiger partial charge in [-0.3, -0.25) is 4.90 Å². The molecular formula is C13H20BrNO. The van der Waals surface area contributed by atoms with Crippen molar-refractivity contribution in [2.75, 3.05) is 19.0 Å². The molecule has 0 N–H and O–H groups in total. The molecule has 0 aliphatic carbocycles. The van der Waals surface area contributed by atoms with Gasteiger partial charge in [0.25, 0.3) is 0 Å². The van der Waals surface area contributed by atoms with Crippen molar-refractivity contribution < 1.29 is 4.74 Å². The molecule has 0 saturated carbocycles. The van der Waals surface area contributed by atoms with Crippen LogP contribution in [0.4, 0.5) is 0 Å². The lowest BCUT2D eigenvalue weighted by molar-refractivity contribution is 0.224. The van der Waals surface area contributed by atoms with Gasteiger partial charge in [0.05, 0.1) is 7.11 Å². The van der Waals surface area contributed by atoms with Gasteiger partial charge in [-0.1, -0.05) is 34.1 Å². The highest BCUT2D eigenvalue weighted by molar-refractivity contribution is 9.09. The average Bonchev–Trinajstić information content (AvgIpc) is 2.29. The fraction of sp³-hybridized carbons (Fsp3) is 0.538. The van der Waals surface area contributed by atoms with Gasteiger partial charge in [0.2, 0.25) is 0 Å². The van der Waals surface area contributed by atoms with Crippen LogP contribution in [0.5, 0.6) is 5.75 Å². The molecule has 3 heteroatoms. The Balaban J connectivity index is 2.76. The third-order valence-corrected chi connectivity index (χ3v) is 3.02. The molecule has 0 aliphatic rings. The van der Waals surface area contributed by atoms with Crippen LogP contribution in [0.2, 0.25) is 0 Å². The van der Waals surface area contributed by atoms with Gasteiger partial charge < -0.3 is 4.74 Å². The lowest BCUT2D eigenvalue weighted by Crippen LogP contribution is -2.32. The van der Waals surface area contributed by atoms with Gasteiger partial charge in [-0.2, -0.15) is 0 Å². The number of hydrogen-bond acceptors (Lipinski definition) is 2. The minimum atomic E-state index is 0.544. The Kier molecular flexibility index (Phi) is 5.85. The van der Waals surface area contributed by atoms with E-state index in [1.165, 1.54) is 5.56 Å². The SMILES string of the molecule is COc1ccccc1CN(CCBr)C(C)C. The lowest BCUT2D eigenvalue weighted by atomic mass is 10.1. The Labute approximate surface area is 107 Å². The monoisotopic (exact) mass is 285 g/mol. The Hall–Kier alpha value is -0.540. The number of ether oxygens (including phenoxy) is 1. The predicted octanol–water partition coefficient (Wildman–Crippen LogP) is 3.30. The summed E-state index contributed by atoms with van der Waals surface area (Å²) in [5, 5.41) is 1.00. The van der Waals surface area contributed by atoms with Crippen LogP contribution >= 0.6 is 15.9 Å². The average molecular weight is 286 g/mol. The molecule has 1 aromatic carbocycles. The molecule has 0 aliphatic heterocycles. The highest BCUT2D eigenvalue weighted by atomic mass is 79.9. The molecule has 0 aromatic heterocycles. The largest absolute Gasteiger partial charge is 0.496 e. The van der Waals surface area contributed by atoms with E-state index in [9.17, 15) is 0 Å². The van der Waals surface area contributed by atoms with Crippen molar-refractivity contribution in [1.82, 2.24) is 4.90 Å². The minimum Gasteiger partial charge on any atom is -0.496 e. The second-order valence-corrected chi connectivity index (χ2v) is 4.86. The van der Waals surface area contributed by atoms with Crippen molar-refractivity contribution in [2.24, 2.45) is 0 Å². The number of halogens is 1. The summed E-state index contributed by atoms with van der Waals surface area (Å²) in [6.45, 7) is 6.43. The lowest BCUT2D eigenvalue weighted by Gasteiger charge is -2.26. The maximum absolute atomic E-state index is 5.37. The van der Waals surface area contributed by atoms with E-state index in [2.05, 4.69) is 46.8 Å². The highest BCUT2D eigenvalue weighted by Crippen LogP contribution is 2.20. The zero-order chi connectivity index (χ0) is 12.0. The van der Waals surface area contributed by atoms with Crippen LogP contribution in [-0.4, -0.2) is 29.9 Å². The maximum atomic E-state index is 5.37. The van der Waals surface area contributed by atoms with E-state index in [0.29, 0.717) is 6.04 Å². The van der Waals surface area contributed by atoms with Gasteiger partial charge in [0.15, 0.2) is 0 Å². The van der Waals surface area contributed by atoms with Crippen molar-refractivity contribution in [3.63, 3.8) is 0 Å². The molecule has 0 fully saturated rings. The van der Waals surface area contributed by atoms with Gasteiger partial charge in [-0.25, -0.2) is 0 Å². The van der Waals surface area contributed by atoms with Crippen LogP contribution in [0.1, 0.15) is 19.4 Å². The molecule has 2 nitrogen and oxygen atoms in total. The summed E-state index contributed by atoms with van der Waals surface area (Å²) in [5.74, 6) is 0.975. The minimum absolute atomic E-state index is 0.544. The summed E-state index contributed by atoms with van der Waals surface area (Å²) >= 11 is 3.49. The van der Waals surface area contributed by atoms with E-state index in [0.717, 1.165) is 24.2 Å². The van der Waals surface area contributed by atoms with Gasteiger partial charge in [0.1, 0.15) is 5.75 Å². The van der Waals surface area contributed by atoms with Crippen molar-refractivity contribution in [1.29, 1.82) is 0 Å². The highest BCUT2D eigenvalue weighted by Gasteiger charge is 2.11. The number of para-hydroxylation sites is 1. The molecule has 1 rings (SSSR count). The zero-order valence-corrected chi connectivity index (χ0v) is 11.8. The first-order valence-corrected chi connectivity index (χ1v) is 6.73. The number of hydrogen-bond donors (Lipinski definition) is 0. The molecule has 0 atom stereocenters. The van der Waals surface area contributed by atoms with Crippen molar-refractivity contribution in [2.45, 2.75) is 26.4 Å². The Morgan fingerprint density at radius 1 is 1.31 bits per heavy atom. The standard InChI is InChI=1S/C13H20BrNO/c1-11(2)15(9-8-14)10-12-6-4-5-7-13(12)16-3/h4-7,11H,8-10H2,1-3H3. The summed E-state index contributed by atoms with van der Waals surface area (Å²) in [6.07, 6.45) is 0. The first-order valence-electron chi connectivity index (χ1n) is 5.61. The van der Waals surface area contributed by atoms with Crippen molar-refractivity contribution >= 4 is 15.9 Å². The van der Waals surface area contributed by atoms with Gasteiger partial charge in [0, 0.05) is 30.0 Å². The first kappa shape index (κ1) is 13.5. The van der Waals surface area contributed by atoms with Crippen LogP contribution in [0.25, 0.3) is 0 Å². The first-order chi connectivity index (χ1) is 7.69. The molecule has 0 amide bonds. The Morgan fingerprint density at radius 3 is 2.56 bits per heavy atom. The molecule has 0 radical (unpaired) electrons. The van der Waals surface area contributed by atoms with Crippen LogP contribution in [0.15, 0.2) is 24.3 Å². The van der Waals surface area contributed by atoms with Gasteiger partial charge in [-0.05, 0) is 19.9 Å². The molecular weight excluding hydrogens is 266 g/mol. The fourth-order valence-corrected chi connectivity index (χ4v) is 2.14. The topological polar surface area (TPSA) is 12.5 Å². The fourth-order valence-electron chi connectivity index (χ4n) is 1.68. The van der Waals surface area contributed by atoms with E-state index < -0.39 is 0 Å². The molecule has 0 saturated heterocycles. The Bertz CT molecular complexity index is 315. The summed E-state index contributed by atoms with van der Waals surface area (Å²) in [5.41, 5.74) is 1.25. The van der Waals surface area contributed by atoms with E-state index in [-0.39, 0.29) is 0 Å². The molecule has 1 aromatic rings. The van der Waals surface area contributed by atoms with E-state index >= 15 is 0 Å². The van der Waals surface area contributed by atoms with E-state index in [1.54, 1.807) is 7.11 Å². The van der Waals surface area contributed by atoms with E-state index in [1.807, 2.05) is 12.1 Å². The summed E-state index contributed by atoms with van der Waals surface area (Å²) in [6, 6.07) is 8.75. The zero-order valence-electron chi connectivity index (χ0n) is 10.2. The Morgan fingerprint density at radius 2 is 2.00 bits per heavy atom. The molecule has 0 bridgehead atoms. The van der Waals surface area contributed by atoms with E-state index in [4.69, 9.17) is 4.74 Å². The van der Waals surface area contributed by atoms with Crippen LogP contribution < -0.4 is 4.74 Å². The summed E-state index contributed by atoms with van der Waals surface area (Å²) in [4.78, 5) is 2.42. The smallest absolute Gasteiger partial charge is 0.123 e. The number of rotatable bonds is 6. The third-order valence-electron chi connectivity index (χ3n) is 2.67. The second kappa shape index (κ2) is 6.92. The van der Waals surface area contributed by atoms with Gasteiger partial charge in [-0.15, -0.1) is 0 Å².